The second-order valence-electron chi connectivity index (χ2n) is 2.18. The van der Waals surface area contributed by atoms with Crippen LogP contribution in [0.15, 0.2) is 12.1 Å². The number of thiophene rings is 1. The maximum absolute atomic E-state index is 12.1. The third kappa shape index (κ3) is 3.07. The highest BCUT2D eigenvalue weighted by molar-refractivity contribution is 7.85. The molecule has 0 aliphatic rings. The molecule has 0 amide bonds. The largest absolute Gasteiger partial charge is 0.324 e. The van der Waals surface area contributed by atoms with E-state index in [2.05, 4.69) is 0 Å². The van der Waals surface area contributed by atoms with Crippen molar-refractivity contribution in [2.24, 2.45) is 0 Å². The molecule has 0 aliphatic carbocycles. The van der Waals surface area contributed by atoms with E-state index in [4.69, 9.17) is 0 Å². The topological polar surface area (TPSA) is 77.3 Å². The minimum Gasteiger partial charge on any atom is -0.258 e. The highest BCUT2D eigenvalue weighted by atomic mass is 32.3. The van der Waals surface area contributed by atoms with Gasteiger partial charge in [-0.05, 0) is 6.07 Å². The molecular weight excluding hydrogens is 221 g/mol. The molecule has 0 N–H and O–H groups in total. The van der Waals surface area contributed by atoms with E-state index in [-0.39, 0.29) is 9.88 Å². The van der Waals surface area contributed by atoms with Crippen molar-refractivity contribution < 1.29 is 17.2 Å². The summed E-state index contributed by atoms with van der Waals surface area (Å²) in [5.74, 6) is -0.800. The molecule has 5 nitrogen and oxygen atoms in total. The first kappa shape index (κ1) is 10.1. The summed E-state index contributed by atoms with van der Waals surface area (Å²) in [5.41, 5.74) is 0. The van der Waals surface area contributed by atoms with E-state index < -0.39 is 20.9 Å². The predicted molar refractivity (Wildman–Crippen MR) is 44.7 cm³/mol. The van der Waals surface area contributed by atoms with Gasteiger partial charge in [-0.1, -0.05) is 11.3 Å². The molecule has 0 atom stereocenters. The van der Waals surface area contributed by atoms with Crippen LogP contribution in [-0.4, -0.2) is 13.3 Å². The summed E-state index contributed by atoms with van der Waals surface area (Å²) in [7, 11) is -4.60. The Morgan fingerprint density at radius 2 is 2.15 bits per heavy atom. The van der Waals surface area contributed by atoms with Gasteiger partial charge in [0.05, 0.1) is 4.92 Å². The van der Waals surface area contributed by atoms with Gasteiger partial charge in [-0.15, -0.1) is 3.89 Å². The molecule has 1 aromatic rings. The van der Waals surface area contributed by atoms with Crippen LogP contribution in [0, 0.1) is 10.1 Å². The second-order valence-corrected chi connectivity index (χ2v) is 4.69. The first-order chi connectivity index (χ1) is 5.88. The molecule has 72 valence electrons. The Labute approximate surface area is 77.2 Å². The summed E-state index contributed by atoms with van der Waals surface area (Å²) in [6.07, 6.45) is 0. The molecule has 0 aliphatic heterocycles. The summed E-state index contributed by atoms with van der Waals surface area (Å²) >= 11 is 0.650. The number of halogens is 1. The number of nitrogens with zero attached hydrogens (tertiary/aromatic N) is 1. The molecule has 0 unspecified atom stereocenters. The molecule has 0 bridgehead atoms. The van der Waals surface area contributed by atoms with E-state index in [0.29, 0.717) is 11.3 Å². The highest BCUT2D eigenvalue weighted by Crippen LogP contribution is 2.25. The maximum Gasteiger partial charge on any atom is 0.324 e. The van der Waals surface area contributed by atoms with Gasteiger partial charge >= 0.3 is 15.2 Å². The fraction of sp³-hybridized carbons (Fsp3) is 0.200. The van der Waals surface area contributed by atoms with Crippen molar-refractivity contribution >= 4 is 26.6 Å². The molecule has 0 spiro atoms. The summed E-state index contributed by atoms with van der Waals surface area (Å²) in [6, 6.07) is 2.37. The summed E-state index contributed by atoms with van der Waals surface area (Å²) in [4.78, 5) is 9.62. The Bertz CT molecular complexity index is 423. The number of hydrogen-bond donors (Lipinski definition) is 0. The quantitative estimate of drug-likeness (QED) is 0.443. The van der Waals surface area contributed by atoms with Crippen LogP contribution < -0.4 is 0 Å². The van der Waals surface area contributed by atoms with E-state index in [9.17, 15) is 22.4 Å². The van der Waals surface area contributed by atoms with Gasteiger partial charge in [0.15, 0.2) is 0 Å². The molecule has 8 heteroatoms. The SMILES string of the molecule is O=[N+]([O-])c1ccc(CS(=O)(=O)F)s1. The fourth-order valence-corrected chi connectivity index (χ4v) is 2.42. The van der Waals surface area contributed by atoms with Crippen LogP contribution in [-0.2, 0) is 16.0 Å². The van der Waals surface area contributed by atoms with Crippen LogP contribution in [0.3, 0.4) is 0 Å². The Morgan fingerprint density at radius 1 is 1.54 bits per heavy atom. The van der Waals surface area contributed by atoms with Crippen LogP contribution in [0.1, 0.15) is 4.88 Å². The number of nitro groups is 1. The van der Waals surface area contributed by atoms with E-state index in [0.717, 1.165) is 6.07 Å². The third-order valence-electron chi connectivity index (χ3n) is 1.14. The van der Waals surface area contributed by atoms with Gasteiger partial charge in [0.1, 0.15) is 5.75 Å². The lowest BCUT2D eigenvalue weighted by atomic mass is 10.5. The van der Waals surface area contributed by atoms with Gasteiger partial charge in [0.25, 0.3) is 0 Å². The Morgan fingerprint density at radius 3 is 2.54 bits per heavy atom. The van der Waals surface area contributed by atoms with Gasteiger partial charge in [-0.3, -0.25) is 10.1 Å². The molecule has 13 heavy (non-hydrogen) atoms. The summed E-state index contributed by atoms with van der Waals surface area (Å²) < 4.78 is 32.4. The van der Waals surface area contributed by atoms with Gasteiger partial charge < -0.3 is 0 Å². The molecule has 0 fully saturated rings. The Hall–Kier alpha value is -1.02. The smallest absolute Gasteiger partial charge is 0.258 e. The molecule has 0 saturated carbocycles. The van der Waals surface area contributed by atoms with Crippen molar-refractivity contribution in [2.45, 2.75) is 5.75 Å². The minimum absolute atomic E-state index is 0.120. The van der Waals surface area contributed by atoms with Crippen LogP contribution in [0.2, 0.25) is 0 Å². The highest BCUT2D eigenvalue weighted by Gasteiger charge is 2.15. The van der Waals surface area contributed by atoms with Crippen molar-refractivity contribution in [2.75, 3.05) is 0 Å². The molecule has 0 radical (unpaired) electrons. The van der Waals surface area contributed by atoms with E-state index >= 15 is 0 Å². The first-order valence-electron chi connectivity index (χ1n) is 3.04. The van der Waals surface area contributed by atoms with Crippen molar-refractivity contribution in [1.82, 2.24) is 0 Å². The molecule has 1 aromatic heterocycles. The lowest BCUT2D eigenvalue weighted by Crippen LogP contribution is -1.92. The molecule has 0 aromatic carbocycles. The first-order valence-corrected chi connectivity index (χ1v) is 5.41. The van der Waals surface area contributed by atoms with Gasteiger partial charge in [-0.2, -0.15) is 8.42 Å². The number of hydrogen-bond acceptors (Lipinski definition) is 5. The lowest BCUT2D eigenvalue weighted by molar-refractivity contribution is -0.380. The van der Waals surface area contributed by atoms with Crippen LogP contribution in [0.4, 0.5) is 8.89 Å². The van der Waals surface area contributed by atoms with Crippen LogP contribution >= 0.6 is 11.3 Å². The van der Waals surface area contributed by atoms with Crippen molar-refractivity contribution in [3.05, 3.63) is 27.1 Å². The summed E-state index contributed by atoms with van der Waals surface area (Å²) in [6.45, 7) is 0. The third-order valence-corrected chi connectivity index (χ3v) is 3.02. The minimum atomic E-state index is -4.60. The monoisotopic (exact) mass is 225 g/mol. The average Bonchev–Trinajstić information content (AvgIpc) is 2.31. The standard InChI is InChI=1S/C5H4FNO4S2/c6-13(10,11)3-4-1-2-5(12-4)7(8)9/h1-2H,3H2. The predicted octanol–water partition coefficient (Wildman–Crippen LogP) is 1.46. The van der Waals surface area contributed by atoms with Gasteiger partial charge in [-0.25, -0.2) is 0 Å². The molecule has 1 heterocycles. The maximum atomic E-state index is 12.1. The Kier molecular flexibility index (Phi) is 2.62. The molecule has 0 saturated heterocycles. The fourth-order valence-electron chi connectivity index (χ4n) is 0.712. The van der Waals surface area contributed by atoms with Crippen molar-refractivity contribution in [3.8, 4) is 0 Å². The van der Waals surface area contributed by atoms with E-state index in [1.54, 1.807) is 0 Å². The van der Waals surface area contributed by atoms with Crippen molar-refractivity contribution in [3.63, 3.8) is 0 Å². The Balaban J connectivity index is 2.87. The average molecular weight is 225 g/mol. The van der Waals surface area contributed by atoms with Gasteiger partial charge in [0, 0.05) is 10.9 Å². The zero-order chi connectivity index (χ0) is 10.1. The zero-order valence-electron chi connectivity index (χ0n) is 6.14. The lowest BCUT2D eigenvalue weighted by Gasteiger charge is -1.87. The summed E-state index contributed by atoms with van der Waals surface area (Å²) in [5, 5.41) is 9.96. The zero-order valence-corrected chi connectivity index (χ0v) is 7.77. The van der Waals surface area contributed by atoms with Crippen LogP contribution in [0.25, 0.3) is 0 Å². The van der Waals surface area contributed by atoms with Gasteiger partial charge in [0.2, 0.25) is 0 Å². The number of rotatable bonds is 3. The molecular formula is C5H4FNO4S2. The van der Waals surface area contributed by atoms with Crippen LogP contribution in [0.5, 0.6) is 0 Å². The second kappa shape index (κ2) is 3.38. The normalized spacial score (nSPS) is 11.5. The van der Waals surface area contributed by atoms with E-state index in [1.165, 1.54) is 6.07 Å². The van der Waals surface area contributed by atoms with E-state index in [1.807, 2.05) is 0 Å². The van der Waals surface area contributed by atoms with Crippen molar-refractivity contribution in [1.29, 1.82) is 0 Å². The molecule has 1 rings (SSSR count).